The molecule has 0 spiro atoms. The Hall–Kier alpha value is 0.0700. The predicted molar refractivity (Wildman–Crippen MR) is 97.2 cm³/mol. The summed E-state index contributed by atoms with van der Waals surface area (Å²) in [6, 6.07) is 0.291. The van der Waals surface area contributed by atoms with Crippen molar-refractivity contribution in [3.8, 4) is 0 Å². The normalized spacial score (nSPS) is 26.7. The lowest BCUT2D eigenvalue weighted by atomic mass is 9.98. The lowest BCUT2D eigenvalue weighted by Gasteiger charge is -2.36. The van der Waals surface area contributed by atoms with E-state index in [4.69, 9.17) is 14.8 Å². The predicted octanol–water partition coefficient (Wildman–Crippen LogP) is 4.26. The Bertz CT molecular complexity index is 390. The van der Waals surface area contributed by atoms with Gasteiger partial charge in [0.05, 0.1) is 12.2 Å². The number of nitrogens with two attached hydrogens (primary N) is 1. The second-order valence-electron chi connectivity index (χ2n) is 7.94. The van der Waals surface area contributed by atoms with Crippen molar-refractivity contribution in [2.75, 3.05) is 19.4 Å². The third kappa shape index (κ3) is 5.81. The number of likely N-dealkylation sites (tertiary alicyclic amines) is 1. The molecule has 0 aromatic heterocycles. The van der Waals surface area contributed by atoms with Crippen LogP contribution in [0.3, 0.4) is 0 Å². The minimum atomic E-state index is -3.06. The molecule has 3 aliphatic rings. The van der Waals surface area contributed by atoms with Crippen LogP contribution in [-0.4, -0.2) is 42.5 Å². The largest absolute Gasteiger partial charge is 0.345 e. The van der Waals surface area contributed by atoms with Crippen LogP contribution in [0.4, 0.5) is 0 Å². The first-order valence-electron chi connectivity index (χ1n) is 10.1. The highest BCUT2D eigenvalue weighted by Crippen LogP contribution is 2.54. The lowest BCUT2D eigenvalue weighted by Crippen LogP contribution is -2.40. The Labute approximate surface area is 147 Å². The zero-order valence-corrected chi connectivity index (χ0v) is 15.9. The topological polar surface area (TPSA) is 64.8 Å². The third-order valence-electron chi connectivity index (χ3n) is 5.73. The van der Waals surface area contributed by atoms with E-state index in [2.05, 4.69) is 4.90 Å². The molecule has 1 aliphatic heterocycles. The summed E-state index contributed by atoms with van der Waals surface area (Å²) in [7, 11) is -3.06. The molecule has 0 aromatic rings. The van der Waals surface area contributed by atoms with Crippen LogP contribution in [0.15, 0.2) is 0 Å². The Balaban J connectivity index is 1.60. The molecule has 2 saturated carbocycles. The van der Waals surface area contributed by atoms with Crippen LogP contribution < -0.4 is 5.73 Å². The van der Waals surface area contributed by atoms with Gasteiger partial charge in [-0.25, -0.2) is 0 Å². The molecule has 140 valence electrons. The maximum Gasteiger partial charge on any atom is 0.345 e. The van der Waals surface area contributed by atoms with Crippen molar-refractivity contribution < 1.29 is 13.6 Å². The summed E-state index contributed by atoms with van der Waals surface area (Å²) in [5.41, 5.74) is 6.00. The molecule has 0 radical (unpaired) electrons. The molecule has 0 unspecified atom stereocenters. The van der Waals surface area contributed by atoms with Gasteiger partial charge in [0.2, 0.25) is 0 Å². The molecule has 6 heteroatoms. The monoisotopic (exact) mass is 358 g/mol. The molecule has 3 rings (SSSR count). The van der Waals surface area contributed by atoms with E-state index in [0.29, 0.717) is 12.3 Å². The van der Waals surface area contributed by atoms with Gasteiger partial charge in [0.25, 0.3) is 0 Å². The fourth-order valence-corrected chi connectivity index (χ4v) is 6.51. The maximum atomic E-state index is 13.6. The smallest absolute Gasteiger partial charge is 0.328 e. The Morgan fingerprint density at radius 1 is 0.792 bits per heavy atom. The highest BCUT2D eigenvalue weighted by atomic mass is 31.2. The minimum absolute atomic E-state index is 0.125. The molecule has 5 nitrogen and oxygen atoms in total. The molecule has 0 atom stereocenters. The van der Waals surface area contributed by atoms with Crippen LogP contribution in [0.1, 0.15) is 77.0 Å². The van der Waals surface area contributed by atoms with Gasteiger partial charge in [-0.2, -0.15) is 0 Å². The van der Waals surface area contributed by atoms with E-state index in [0.717, 1.165) is 51.6 Å². The molecular formula is C18H35N2O3P. The molecule has 0 amide bonds. The van der Waals surface area contributed by atoms with Crippen molar-refractivity contribution in [3.05, 3.63) is 0 Å². The first kappa shape index (κ1) is 18.8. The van der Waals surface area contributed by atoms with Gasteiger partial charge in [-0.15, -0.1) is 0 Å². The number of hydrogen-bond acceptors (Lipinski definition) is 5. The quantitative estimate of drug-likeness (QED) is 0.719. The van der Waals surface area contributed by atoms with Crippen molar-refractivity contribution in [2.24, 2.45) is 5.73 Å². The highest BCUT2D eigenvalue weighted by molar-refractivity contribution is 7.53. The first-order valence-corrected chi connectivity index (χ1v) is 11.8. The van der Waals surface area contributed by atoms with Gasteiger partial charge in [-0.05, 0) is 38.5 Å². The van der Waals surface area contributed by atoms with E-state index in [9.17, 15) is 4.57 Å². The van der Waals surface area contributed by atoms with Crippen molar-refractivity contribution in [1.82, 2.24) is 4.90 Å². The van der Waals surface area contributed by atoms with Crippen LogP contribution in [0.2, 0.25) is 0 Å². The molecule has 0 aromatic carbocycles. The Morgan fingerprint density at radius 3 is 1.71 bits per heavy atom. The molecule has 24 heavy (non-hydrogen) atoms. The Kier molecular flexibility index (Phi) is 7.18. The van der Waals surface area contributed by atoms with Gasteiger partial charge in [0.1, 0.15) is 6.29 Å². The summed E-state index contributed by atoms with van der Waals surface area (Å²) in [6.07, 6.45) is 14.1. The molecule has 3 fully saturated rings. The highest BCUT2D eigenvalue weighted by Gasteiger charge is 2.36. The lowest BCUT2D eigenvalue weighted by molar-refractivity contribution is 0.0704. The van der Waals surface area contributed by atoms with E-state index >= 15 is 0 Å². The van der Waals surface area contributed by atoms with E-state index in [1.807, 2.05) is 0 Å². The van der Waals surface area contributed by atoms with Gasteiger partial charge in [0, 0.05) is 19.1 Å². The van der Waals surface area contributed by atoms with Crippen molar-refractivity contribution in [2.45, 2.75) is 95.3 Å². The maximum absolute atomic E-state index is 13.6. The fourth-order valence-electron chi connectivity index (χ4n) is 4.23. The molecule has 2 N–H and O–H groups in total. The van der Waals surface area contributed by atoms with Crippen LogP contribution in [0.5, 0.6) is 0 Å². The van der Waals surface area contributed by atoms with Gasteiger partial charge in [-0.3, -0.25) is 9.46 Å². The van der Waals surface area contributed by atoms with Gasteiger partial charge in [0.15, 0.2) is 0 Å². The number of nitrogens with zero attached hydrogens (tertiary/aromatic N) is 1. The van der Waals surface area contributed by atoms with Crippen LogP contribution >= 0.6 is 7.60 Å². The summed E-state index contributed by atoms with van der Waals surface area (Å²) < 4.78 is 25.9. The molecule has 2 aliphatic carbocycles. The zero-order chi connectivity index (χ0) is 16.8. The van der Waals surface area contributed by atoms with Gasteiger partial charge >= 0.3 is 7.60 Å². The molecule has 0 bridgehead atoms. The van der Waals surface area contributed by atoms with Crippen LogP contribution in [-0.2, 0) is 13.6 Å². The second-order valence-corrected chi connectivity index (χ2v) is 9.86. The number of rotatable bonds is 6. The summed E-state index contributed by atoms with van der Waals surface area (Å²) in [6.45, 7) is 1.82. The Morgan fingerprint density at radius 2 is 1.25 bits per heavy atom. The average Bonchev–Trinajstić information content (AvgIpc) is 2.58. The number of hydrogen-bond donors (Lipinski definition) is 1. The van der Waals surface area contributed by atoms with Crippen molar-refractivity contribution in [3.63, 3.8) is 0 Å². The minimum Gasteiger partial charge on any atom is -0.328 e. The van der Waals surface area contributed by atoms with Gasteiger partial charge < -0.3 is 14.8 Å². The average molecular weight is 358 g/mol. The van der Waals surface area contributed by atoms with Gasteiger partial charge in [-0.1, -0.05) is 38.5 Å². The molecular weight excluding hydrogens is 323 g/mol. The zero-order valence-electron chi connectivity index (χ0n) is 15.0. The van der Waals surface area contributed by atoms with Crippen LogP contribution in [0.25, 0.3) is 0 Å². The summed E-state index contributed by atoms with van der Waals surface area (Å²) in [5.74, 6) is 0. The van der Waals surface area contributed by atoms with E-state index in [1.165, 1.54) is 38.5 Å². The summed E-state index contributed by atoms with van der Waals surface area (Å²) in [5, 5.41) is 0. The fraction of sp³-hybridized carbons (Fsp3) is 1.00. The van der Waals surface area contributed by atoms with E-state index in [-0.39, 0.29) is 12.2 Å². The number of piperidine rings is 1. The standard InChI is InChI=1S/C18H35N2O3P/c19-16-11-13-20(14-12-16)15-24(21,22-17-7-3-1-4-8-17)23-18-9-5-2-6-10-18/h16-18H,1-15,19H2. The second kappa shape index (κ2) is 9.14. The molecule has 1 saturated heterocycles. The van der Waals surface area contributed by atoms with E-state index in [1.54, 1.807) is 0 Å². The van der Waals surface area contributed by atoms with E-state index < -0.39 is 7.60 Å². The first-order chi connectivity index (χ1) is 11.6. The van der Waals surface area contributed by atoms with Crippen molar-refractivity contribution >= 4 is 7.60 Å². The summed E-state index contributed by atoms with van der Waals surface area (Å²) in [4.78, 5) is 2.25. The molecule has 1 heterocycles. The SMILES string of the molecule is NC1CCN(CP(=O)(OC2CCCCC2)OC2CCCCC2)CC1. The summed E-state index contributed by atoms with van der Waals surface area (Å²) >= 11 is 0. The van der Waals surface area contributed by atoms with Crippen LogP contribution in [0, 0.1) is 0 Å². The van der Waals surface area contributed by atoms with Crippen molar-refractivity contribution in [1.29, 1.82) is 0 Å². The third-order valence-corrected chi connectivity index (χ3v) is 7.71.